The fourth-order valence-electron chi connectivity index (χ4n) is 2.22. The van der Waals surface area contributed by atoms with Crippen LogP contribution in [0.3, 0.4) is 0 Å². The highest BCUT2D eigenvalue weighted by atomic mass is 16.5. The number of rotatable bonds is 5. The van der Waals surface area contributed by atoms with E-state index in [1.165, 1.54) is 7.11 Å². The zero-order valence-corrected chi connectivity index (χ0v) is 13.0. The van der Waals surface area contributed by atoms with E-state index in [0.717, 1.165) is 6.42 Å². The van der Waals surface area contributed by atoms with Crippen molar-refractivity contribution >= 4 is 17.9 Å². The number of likely N-dealkylation sites (tertiary alicyclic amines) is 1. The highest BCUT2D eigenvalue weighted by Crippen LogP contribution is 2.17. The van der Waals surface area contributed by atoms with Crippen LogP contribution < -0.4 is 10.6 Å². The molecule has 3 amide bonds. The van der Waals surface area contributed by atoms with E-state index in [4.69, 9.17) is 4.74 Å². The first-order chi connectivity index (χ1) is 9.96. The molecule has 1 rings (SSSR count). The summed E-state index contributed by atoms with van der Waals surface area (Å²) in [5.41, 5.74) is 0. The molecule has 120 valence electrons. The van der Waals surface area contributed by atoms with E-state index >= 15 is 0 Å². The summed E-state index contributed by atoms with van der Waals surface area (Å²) in [6, 6.07) is -0.424. The average molecular weight is 299 g/mol. The van der Waals surface area contributed by atoms with Gasteiger partial charge in [-0.15, -0.1) is 0 Å². The topological polar surface area (TPSA) is 87.7 Å². The number of urea groups is 1. The molecule has 1 aliphatic rings. The van der Waals surface area contributed by atoms with Crippen LogP contribution in [0.1, 0.15) is 33.1 Å². The largest absolute Gasteiger partial charge is 0.469 e. The first-order valence-electron chi connectivity index (χ1n) is 7.36. The molecule has 1 saturated heterocycles. The Balaban J connectivity index is 2.27. The molecule has 0 aromatic carbocycles. The average Bonchev–Trinajstić information content (AvgIpc) is 2.46. The maximum absolute atomic E-state index is 11.8. The van der Waals surface area contributed by atoms with Gasteiger partial charge in [-0.2, -0.15) is 0 Å². The van der Waals surface area contributed by atoms with Gasteiger partial charge in [0, 0.05) is 6.04 Å². The smallest absolute Gasteiger partial charge is 0.321 e. The van der Waals surface area contributed by atoms with E-state index in [-0.39, 0.29) is 30.4 Å². The molecule has 1 fully saturated rings. The van der Waals surface area contributed by atoms with Crippen LogP contribution in [-0.4, -0.2) is 55.6 Å². The second kappa shape index (κ2) is 8.61. The van der Waals surface area contributed by atoms with E-state index in [9.17, 15) is 14.4 Å². The number of imide groups is 1. The van der Waals surface area contributed by atoms with Crippen molar-refractivity contribution in [3.8, 4) is 0 Å². The molecule has 2 N–H and O–H groups in total. The molecule has 0 bridgehead atoms. The predicted molar refractivity (Wildman–Crippen MR) is 77.6 cm³/mol. The number of amides is 3. The summed E-state index contributed by atoms with van der Waals surface area (Å²) in [4.78, 5) is 36.6. The SMILES string of the molecule is CC[C@@H](C)NC(=O)NC(=O)CN1CCC(C(=O)OC)CC1. The van der Waals surface area contributed by atoms with Crippen LogP contribution in [0.2, 0.25) is 0 Å². The van der Waals surface area contributed by atoms with Gasteiger partial charge in [0.15, 0.2) is 0 Å². The number of hydrogen-bond donors (Lipinski definition) is 2. The third-order valence-corrected chi connectivity index (χ3v) is 3.73. The first-order valence-corrected chi connectivity index (χ1v) is 7.36. The zero-order chi connectivity index (χ0) is 15.8. The Bertz CT molecular complexity index is 378. The standard InChI is InChI=1S/C14H25N3O4/c1-4-10(2)15-14(20)16-12(18)9-17-7-5-11(6-8-17)13(19)21-3/h10-11H,4-9H2,1-3H3,(H2,15,16,18,20)/t10-/m1/s1. The predicted octanol–water partition coefficient (Wildman–Crippen LogP) is 0.496. The molecule has 1 heterocycles. The van der Waals surface area contributed by atoms with Crippen molar-refractivity contribution in [2.24, 2.45) is 5.92 Å². The van der Waals surface area contributed by atoms with Crippen LogP contribution in [0.4, 0.5) is 4.79 Å². The summed E-state index contributed by atoms with van der Waals surface area (Å²) >= 11 is 0. The Morgan fingerprint density at radius 1 is 1.29 bits per heavy atom. The molecule has 7 nitrogen and oxygen atoms in total. The lowest BCUT2D eigenvalue weighted by Gasteiger charge is -2.29. The molecule has 0 unspecified atom stereocenters. The van der Waals surface area contributed by atoms with E-state index in [1.54, 1.807) is 0 Å². The molecule has 1 aliphatic heterocycles. The Morgan fingerprint density at radius 2 is 1.90 bits per heavy atom. The van der Waals surface area contributed by atoms with Gasteiger partial charge in [-0.25, -0.2) is 4.79 Å². The number of methoxy groups -OCH3 is 1. The maximum atomic E-state index is 11.8. The minimum atomic E-state index is -0.459. The van der Waals surface area contributed by atoms with E-state index < -0.39 is 6.03 Å². The van der Waals surface area contributed by atoms with Crippen molar-refractivity contribution < 1.29 is 19.1 Å². The summed E-state index contributed by atoms with van der Waals surface area (Å²) < 4.78 is 4.72. The van der Waals surface area contributed by atoms with Crippen LogP contribution in [-0.2, 0) is 14.3 Å². The lowest BCUT2D eigenvalue weighted by Crippen LogP contribution is -2.48. The van der Waals surface area contributed by atoms with Gasteiger partial charge in [0.25, 0.3) is 0 Å². The van der Waals surface area contributed by atoms with Crippen LogP contribution in [0, 0.1) is 5.92 Å². The number of hydrogen-bond acceptors (Lipinski definition) is 5. The van der Waals surface area contributed by atoms with Gasteiger partial charge < -0.3 is 10.1 Å². The molecular weight excluding hydrogens is 274 g/mol. The summed E-state index contributed by atoms with van der Waals surface area (Å²) in [5, 5.41) is 4.99. The van der Waals surface area contributed by atoms with Crippen molar-refractivity contribution in [2.45, 2.75) is 39.2 Å². The van der Waals surface area contributed by atoms with Gasteiger partial charge in [0.1, 0.15) is 0 Å². The van der Waals surface area contributed by atoms with Gasteiger partial charge in [0.2, 0.25) is 5.91 Å². The van der Waals surface area contributed by atoms with Crippen molar-refractivity contribution in [2.75, 3.05) is 26.7 Å². The number of carbonyl (C=O) groups is 3. The molecule has 0 aromatic rings. The number of ether oxygens (including phenoxy) is 1. The Labute approximate surface area is 125 Å². The second-order valence-corrected chi connectivity index (χ2v) is 5.40. The summed E-state index contributed by atoms with van der Waals surface area (Å²) in [5.74, 6) is -0.595. The highest BCUT2D eigenvalue weighted by Gasteiger charge is 2.26. The second-order valence-electron chi connectivity index (χ2n) is 5.40. The van der Waals surface area contributed by atoms with Gasteiger partial charge in [-0.3, -0.25) is 19.8 Å². The molecule has 1 atom stereocenters. The van der Waals surface area contributed by atoms with Gasteiger partial charge >= 0.3 is 12.0 Å². The van der Waals surface area contributed by atoms with Crippen LogP contribution in [0.15, 0.2) is 0 Å². The molecule has 7 heteroatoms. The lowest BCUT2D eigenvalue weighted by atomic mass is 9.97. The highest BCUT2D eigenvalue weighted by molar-refractivity contribution is 5.95. The minimum absolute atomic E-state index is 0.0357. The monoisotopic (exact) mass is 299 g/mol. The van der Waals surface area contributed by atoms with Crippen molar-refractivity contribution in [1.82, 2.24) is 15.5 Å². The van der Waals surface area contributed by atoms with Crippen LogP contribution in [0.25, 0.3) is 0 Å². The zero-order valence-electron chi connectivity index (χ0n) is 13.0. The number of piperidine rings is 1. The number of nitrogens with one attached hydrogen (secondary N) is 2. The Morgan fingerprint density at radius 3 is 2.43 bits per heavy atom. The van der Waals surface area contributed by atoms with E-state index in [0.29, 0.717) is 25.9 Å². The Hall–Kier alpha value is -1.63. The van der Waals surface area contributed by atoms with Gasteiger partial charge in [-0.05, 0) is 39.3 Å². The van der Waals surface area contributed by atoms with E-state index in [2.05, 4.69) is 10.6 Å². The number of esters is 1. The fourth-order valence-corrected chi connectivity index (χ4v) is 2.22. The Kier molecular flexibility index (Phi) is 7.14. The quantitative estimate of drug-likeness (QED) is 0.722. The first kappa shape index (κ1) is 17.4. The summed E-state index contributed by atoms with van der Waals surface area (Å²) in [6.07, 6.45) is 2.17. The molecule has 0 saturated carbocycles. The molecule has 0 aliphatic carbocycles. The number of nitrogens with zero attached hydrogens (tertiary/aromatic N) is 1. The molecule has 0 radical (unpaired) electrons. The van der Waals surface area contributed by atoms with Crippen molar-refractivity contribution in [3.63, 3.8) is 0 Å². The molecular formula is C14H25N3O4. The fraction of sp³-hybridized carbons (Fsp3) is 0.786. The summed E-state index contributed by atoms with van der Waals surface area (Å²) in [7, 11) is 1.39. The van der Waals surface area contributed by atoms with E-state index in [1.807, 2.05) is 18.7 Å². The maximum Gasteiger partial charge on any atom is 0.321 e. The van der Waals surface area contributed by atoms with Gasteiger partial charge in [-0.1, -0.05) is 6.92 Å². The normalized spacial score (nSPS) is 17.9. The number of carbonyl (C=O) groups excluding carboxylic acids is 3. The van der Waals surface area contributed by atoms with Crippen molar-refractivity contribution in [3.05, 3.63) is 0 Å². The third kappa shape index (κ3) is 6.12. The van der Waals surface area contributed by atoms with Crippen LogP contribution in [0.5, 0.6) is 0 Å². The van der Waals surface area contributed by atoms with Crippen LogP contribution >= 0.6 is 0 Å². The summed E-state index contributed by atoms with van der Waals surface area (Å²) in [6.45, 7) is 5.31. The van der Waals surface area contributed by atoms with Gasteiger partial charge in [0.05, 0.1) is 19.6 Å². The molecule has 0 spiro atoms. The third-order valence-electron chi connectivity index (χ3n) is 3.73. The molecule has 0 aromatic heterocycles. The lowest BCUT2D eigenvalue weighted by molar-refractivity contribution is -0.147. The molecule has 21 heavy (non-hydrogen) atoms. The van der Waals surface area contributed by atoms with Crippen molar-refractivity contribution in [1.29, 1.82) is 0 Å². The minimum Gasteiger partial charge on any atom is -0.469 e.